The van der Waals surface area contributed by atoms with E-state index in [1.54, 1.807) is 48.7 Å². The molecule has 0 aliphatic heterocycles. The summed E-state index contributed by atoms with van der Waals surface area (Å²) in [6.07, 6.45) is 2.67. The van der Waals surface area contributed by atoms with Gasteiger partial charge in [0, 0.05) is 22.0 Å². The number of fused-ring (bicyclic) bond motifs is 2. The van der Waals surface area contributed by atoms with Crippen LogP contribution in [-0.4, -0.2) is 29.8 Å². The van der Waals surface area contributed by atoms with Crippen molar-refractivity contribution in [2.24, 2.45) is 11.8 Å². The third-order valence-electron chi connectivity index (χ3n) is 5.84. The van der Waals surface area contributed by atoms with Crippen molar-refractivity contribution in [3.63, 3.8) is 0 Å². The molecule has 2 fully saturated rings. The Balaban J connectivity index is 1.37. The van der Waals surface area contributed by atoms with Crippen LogP contribution in [0.15, 0.2) is 53.6 Å². The van der Waals surface area contributed by atoms with Crippen molar-refractivity contribution < 1.29 is 13.5 Å². The molecule has 3 N–H and O–H groups in total. The van der Waals surface area contributed by atoms with E-state index in [1.807, 2.05) is 0 Å². The Morgan fingerprint density at radius 2 is 1.89 bits per heavy atom. The van der Waals surface area contributed by atoms with E-state index in [2.05, 4.69) is 14.9 Å². The number of nitrogens with one attached hydrogen (secondary N) is 2. The van der Waals surface area contributed by atoms with Gasteiger partial charge in [0.15, 0.2) is 0 Å². The van der Waals surface area contributed by atoms with Crippen LogP contribution in [0.2, 0.25) is 5.02 Å². The average molecular weight is 404 g/mol. The molecule has 2 aromatic carbocycles. The highest BCUT2D eigenvalue weighted by molar-refractivity contribution is 7.89. The molecule has 2 aliphatic carbocycles. The SMILES string of the molecule is O=S(=O)(NC1C2CC(O)(c3cc(Cl)cc4cn[nH]c34)CC21)c1ccccc1. The van der Waals surface area contributed by atoms with Gasteiger partial charge < -0.3 is 5.11 Å². The summed E-state index contributed by atoms with van der Waals surface area (Å²) in [5.74, 6) is 0.232. The molecular formula is C19H18ClN3O3S. The Bertz CT molecular complexity index is 1120. The Kier molecular flexibility index (Phi) is 3.68. The molecule has 8 heteroatoms. The first-order valence-electron chi connectivity index (χ1n) is 8.80. The van der Waals surface area contributed by atoms with E-state index in [0.29, 0.717) is 17.9 Å². The minimum absolute atomic E-state index is 0.116. The summed E-state index contributed by atoms with van der Waals surface area (Å²) in [5.41, 5.74) is 0.490. The molecule has 140 valence electrons. The number of sulfonamides is 1. The van der Waals surface area contributed by atoms with Crippen molar-refractivity contribution >= 4 is 32.5 Å². The Morgan fingerprint density at radius 1 is 1.19 bits per heavy atom. The second kappa shape index (κ2) is 5.78. The first-order valence-corrected chi connectivity index (χ1v) is 10.7. The van der Waals surface area contributed by atoms with Crippen LogP contribution in [0.4, 0.5) is 0 Å². The molecule has 27 heavy (non-hydrogen) atoms. The average Bonchev–Trinajstić information content (AvgIpc) is 3.02. The number of H-pyrrole nitrogens is 1. The van der Waals surface area contributed by atoms with Crippen LogP contribution in [0.25, 0.3) is 10.9 Å². The molecule has 0 saturated heterocycles. The number of nitrogens with zero attached hydrogens (tertiary/aromatic N) is 1. The molecule has 3 aromatic rings. The summed E-state index contributed by atoms with van der Waals surface area (Å²) in [5, 5.41) is 19.6. The lowest BCUT2D eigenvalue weighted by molar-refractivity contribution is 0.0302. The van der Waals surface area contributed by atoms with Crippen LogP contribution in [-0.2, 0) is 15.6 Å². The number of aromatic nitrogens is 2. The molecule has 6 nitrogen and oxygen atoms in total. The predicted molar refractivity (Wildman–Crippen MR) is 102 cm³/mol. The second-order valence-electron chi connectivity index (χ2n) is 7.52. The van der Waals surface area contributed by atoms with Crippen molar-refractivity contribution in [3.05, 3.63) is 59.2 Å². The summed E-state index contributed by atoms with van der Waals surface area (Å²) in [6, 6.07) is 11.8. The smallest absolute Gasteiger partial charge is 0.240 e. The van der Waals surface area contributed by atoms with Gasteiger partial charge in [-0.05, 0) is 48.9 Å². The van der Waals surface area contributed by atoms with Crippen LogP contribution >= 0.6 is 11.6 Å². The molecule has 0 spiro atoms. The molecule has 2 aliphatic rings. The van der Waals surface area contributed by atoms with Crippen molar-refractivity contribution in [3.8, 4) is 0 Å². The lowest BCUT2D eigenvalue weighted by atomic mass is 9.87. The van der Waals surface area contributed by atoms with Gasteiger partial charge in [0.2, 0.25) is 10.0 Å². The normalized spacial score (nSPS) is 29.8. The lowest BCUT2D eigenvalue weighted by Crippen LogP contribution is -2.33. The van der Waals surface area contributed by atoms with Crippen molar-refractivity contribution in [2.45, 2.75) is 29.4 Å². The maximum Gasteiger partial charge on any atom is 0.240 e. The first kappa shape index (κ1) is 17.2. The number of rotatable bonds is 4. The van der Waals surface area contributed by atoms with Gasteiger partial charge in [0.05, 0.1) is 22.2 Å². The standard InChI is InChI=1S/C19H18ClN3O3S/c20-12-6-11-10-21-22-17(11)16(7-12)19(24)8-14-15(9-19)18(14)23-27(25,26)13-4-2-1-3-5-13/h1-7,10,14-15,18,23-24H,8-9H2,(H,21,22). The van der Waals surface area contributed by atoms with Gasteiger partial charge >= 0.3 is 0 Å². The van der Waals surface area contributed by atoms with Crippen LogP contribution in [0.5, 0.6) is 0 Å². The lowest BCUT2D eigenvalue weighted by Gasteiger charge is -2.27. The molecule has 0 radical (unpaired) electrons. The Hall–Kier alpha value is -1.93. The van der Waals surface area contributed by atoms with E-state index in [4.69, 9.17) is 11.6 Å². The molecule has 5 rings (SSSR count). The summed E-state index contributed by atoms with van der Waals surface area (Å²) < 4.78 is 27.8. The largest absolute Gasteiger partial charge is 0.385 e. The van der Waals surface area contributed by atoms with Gasteiger partial charge in [0.25, 0.3) is 0 Å². The maximum absolute atomic E-state index is 12.5. The monoisotopic (exact) mass is 403 g/mol. The van der Waals surface area contributed by atoms with E-state index in [1.165, 1.54) is 0 Å². The fourth-order valence-electron chi connectivity index (χ4n) is 4.49. The zero-order valence-electron chi connectivity index (χ0n) is 14.3. The van der Waals surface area contributed by atoms with E-state index in [0.717, 1.165) is 16.5 Å². The molecule has 1 aromatic heterocycles. The molecular weight excluding hydrogens is 386 g/mol. The molecule has 2 saturated carbocycles. The van der Waals surface area contributed by atoms with Crippen molar-refractivity contribution in [1.29, 1.82) is 0 Å². The van der Waals surface area contributed by atoms with Crippen molar-refractivity contribution in [1.82, 2.24) is 14.9 Å². The minimum atomic E-state index is -3.54. The number of aromatic amines is 1. The van der Waals surface area contributed by atoms with Gasteiger partial charge in [-0.25, -0.2) is 13.1 Å². The van der Waals surface area contributed by atoms with E-state index in [-0.39, 0.29) is 22.8 Å². The number of aliphatic hydroxyl groups is 1. The quantitative estimate of drug-likeness (QED) is 0.624. The van der Waals surface area contributed by atoms with E-state index < -0.39 is 15.6 Å². The Morgan fingerprint density at radius 3 is 2.59 bits per heavy atom. The zero-order valence-corrected chi connectivity index (χ0v) is 15.8. The Labute approximate surface area is 161 Å². The second-order valence-corrected chi connectivity index (χ2v) is 9.67. The van der Waals surface area contributed by atoms with Gasteiger partial charge in [-0.1, -0.05) is 29.8 Å². The molecule has 2 unspecified atom stereocenters. The summed E-state index contributed by atoms with van der Waals surface area (Å²) in [4.78, 5) is 0.263. The van der Waals surface area contributed by atoms with Crippen LogP contribution < -0.4 is 4.72 Å². The molecule has 1 heterocycles. The van der Waals surface area contributed by atoms with Crippen LogP contribution in [0.3, 0.4) is 0 Å². The third kappa shape index (κ3) is 2.77. The van der Waals surface area contributed by atoms with E-state index >= 15 is 0 Å². The number of halogens is 1. The predicted octanol–water partition coefficient (Wildman–Crippen LogP) is 2.79. The van der Waals surface area contributed by atoms with Crippen molar-refractivity contribution in [2.75, 3.05) is 0 Å². The van der Waals surface area contributed by atoms with Gasteiger partial charge in [-0.3, -0.25) is 5.10 Å². The summed E-state index contributed by atoms with van der Waals surface area (Å²) >= 11 is 6.21. The molecule has 0 amide bonds. The summed E-state index contributed by atoms with van der Waals surface area (Å²) in [6.45, 7) is 0. The van der Waals surface area contributed by atoms with Crippen LogP contribution in [0, 0.1) is 11.8 Å². The highest BCUT2D eigenvalue weighted by atomic mass is 35.5. The van der Waals surface area contributed by atoms with Gasteiger partial charge in [0.1, 0.15) is 0 Å². The zero-order chi connectivity index (χ0) is 18.8. The number of hydrogen-bond acceptors (Lipinski definition) is 4. The van der Waals surface area contributed by atoms with Gasteiger partial charge in [-0.15, -0.1) is 0 Å². The summed E-state index contributed by atoms with van der Waals surface area (Å²) in [7, 11) is -3.54. The van der Waals surface area contributed by atoms with Gasteiger partial charge in [-0.2, -0.15) is 5.10 Å². The third-order valence-corrected chi connectivity index (χ3v) is 7.53. The fraction of sp³-hybridized carbons (Fsp3) is 0.316. The topological polar surface area (TPSA) is 95.1 Å². The first-order chi connectivity index (χ1) is 12.9. The maximum atomic E-state index is 12.5. The van der Waals surface area contributed by atoms with E-state index in [9.17, 15) is 13.5 Å². The number of hydrogen-bond donors (Lipinski definition) is 3. The molecule has 2 atom stereocenters. The minimum Gasteiger partial charge on any atom is -0.385 e. The highest BCUT2D eigenvalue weighted by Crippen LogP contribution is 2.60. The van der Waals surface area contributed by atoms with Crippen LogP contribution in [0.1, 0.15) is 18.4 Å². The number of benzene rings is 2. The molecule has 0 bridgehead atoms. The fourth-order valence-corrected chi connectivity index (χ4v) is 6.08. The highest BCUT2D eigenvalue weighted by Gasteiger charge is 2.62.